The maximum absolute atomic E-state index is 10.7. The highest BCUT2D eigenvalue weighted by Gasteiger charge is 2.22. The van der Waals surface area contributed by atoms with E-state index in [2.05, 4.69) is 13.8 Å². The van der Waals surface area contributed by atoms with Crippen molar-refractivity contribution in [2.45, 2.75) is 32.8 Å². The van der Waals surface area contributed by atoms with Gasteiger partial charge in [0.15, 0.2) is 0 Å². The number of hydrogen-bond donors (Lipinski definition) is 0. The van der Waals surface area contributed by atoms with Gasteiger partial charge in [-0.25, -0.2) is 0 Å². The van der Waals surface area contributed by atoms with Crippen LogP contribution in [0.3, 0.4) is 0 Å². The molecule has 0 aromatic carbocycles. The van der Waals surface area contributed by atoms with E-state index in [4.69, 9.17) is 9.47 Å². The predicted octanol–water partition coefficient (Wildman–Crippen LogP) is 1.36. The number of carbonyl (C=O) groups excluding carboxylic acids is 1. The molecule has 0 aromatic rings. The van der Waals surface area contributed by atoms with Crippen LogP contribution >= 0.6 is 0 Å². The molecule has 0 aliphatic carbocycles. The minimum Gasteiger partial charge on any atom is -0.460 e. The van der Waals surface area contributed by atoms with Crippen molar-refractivity contribution in [3.05, 3.63) is 0 Å². The average molecular weight is 172 g/mol. The molecule has 0 radical (unpaired) electrons. The van der Waals surface area contributed by atoms with Crippen molar-refractivity contribution in [3.8, 4) is 0 Å². The lowest BCUT2D eigenvalue weighted by atomic mass is 10.2. The smallest absolute Gasteiger partial charge is 0.306 e. The predicted molar refractivity (Wildman–Crippen MR) is 44.8 cm³/mol. The maximum Gasteiger partial charge on any atom is 0.306 e. The summed E-state index contributed by atoms with van der Waals surface area (Å²) in [6.07, 6.45) is 1.38. The van der Waals surface area contributed by atoms with E-state index in [9.17, 15) is 4.79 Å². The summed E-state index contributed by atoms with van der Waals surface area (Å²) < 4.78 is 10.3. The molecule has 0 N–H and O–H groups in total. The van der Waals surface area contributed by atoms with Crippen LogP contribution in [0.4, 0.5) is 0 Å². The zero-order chi connectivity index (χ0) is 8.97. The van der Waals surface area contributed by atoms with Crippen molar-refractivity contribution in [1.29, 1.82) is 0 Å². The molecule has 1 unspecified atom stereocenters. The van der Waals surface area contributed by atoms with Crippen LogP contribution in [0.2, 0.25) is 0 Å². The van der Waals surface area contributed by atoms with Gasteiger partial charge in [-0.1, -0.05) is 13.8 Å². The second kappa shape index (κ2) is 4.45. The number of esters is 1. The van der Waals surface area contributed by atoms with Gasteiger partial charge >= 0.3 is 5.97 Å². The van der Waals surface area contributed by atoms with E-state index in [1.807, 2.05) is 0 Å². The molecular formula is C9H16O3. The highest BCUT2D eigenvalue weighted by Crippen LogP contribution is 2.13. The third-order valence-electron chi connectivity index (χ3n) is 1.72. The molecule has 1 rings (SSSR count). The number of ether oxygens (including phenoxy) is 2. The molecule has 3 nitrogen and oxygen atoms in total. The minimum atomic E-state index is -0.0897. The molecule has 0 spiro atoms. The summed E-state index contributed by atoms with van der Waals surface area (Å²) in [6.45, 7) is 5.50. The van der Waals surface area contributed by atoms with Gasteiger partial charge in [0, 0.05) is 13.0 Å². The summed E-state index contributed by atoms with van der Waals surface area (Å²) in [5, 5.41) is 0. The molecule has 70 valence electrons. The first-order valence-electron chi connectivity index (χ1n) is 4.45. The third-order valence-corrected chi connectivity index (χ3v) is 1.72. The number of carbonyl (C=O) groups is 1. The molecule has 12 heavy (non-hydrogen) atoms. The van der Waals surface area contributed by atoms with Gasteiger partial charge in [0.2, 0.25) is 0 Å². The number of cyclic esters (lactones) is 1. The summed E-state index contributed by atoms with van der Waals surface area (Å²) >= 11 is 0. The second-order valence-corrected chi connectivity index (χ2v) is 3.58. The lowest BCUT2D eigenvalue weighted by Gasteiger charge is -2.10. The van der Waals surface area contributed by atoms with Gasteiger partial charge in [-0.3, -0.25) is 4.79 Å². The molecule has 1 aliphatic rings. The lowest BCUT2D eigenvalue weighted by molar-refractivity contribution is -0.143. The van der Waals surface area contributed by atoms with E-state index in [1.54, 1.807) is 0 Å². The highest BCUT2D eigenvalue weighted by atomic mass is 16.6. The summed E-state index contributed by atoms with van der Waals surface area (Å²) in [6, 6.07) is 0. The zero-order valence-electron chi connectivity index (χ0n) is 7.71. The van der Waals surface area contributed by atoms with Crippen LogP contribution in [-0.2, 0) is 14.3 Å². The summed E-state index contributed by atoms with van der Waals surface area (Å²) in [5.41, 5.74) is 0. The summed E-state index contributed by atoms with van der Waals surface area (Å²) in [4.78, 5) is 10.7. The molecule has 1 atom stereocenters. The van der Waals surface area contributed by atoms with E-state index in [-0.39, 0.29) is 12.1 Å². The molecule has 1 fully saturated rings. The fourth-order valence-corrected chi connectivity index (χ4v) is 1.14. The van der Waals surface area contributed by atoms with Gasteiger partial charge in [0.05, 0.1) is 6.61 Å². The Balaban J connectivity index is 2.04. The van der Waals surface area contributed by atoms with Crippen molar-refractivity contribution >= 4 is 5.97 Å². The van der Waals surface area contributed by atoms with E-state index in [0.29, 0.717) is 18.9 Å². The van der Waals surface area contributed by atoms with Gasteiger partial charge < -0.3 is 9.47 Å². The maximum atomic E-state index is 10.7. The van der Waals surface area contributed by atoms with E-state index in [0.717, 1.165) is 13.0 Å². The zero-order valence-corrected chi connectivity index (χ0v) is 7.71. The molecule has 1 aliphatic heterocycles. The van der Waals surface area contributed by atoms with Crippen LogP contribution in [-0.4, -0.2) is 25.3 Å². The van der Waals surface area contributed by atoms with Crippen molar-refractivity contribution in [3.63, 3.8) is 0 Å². The first-order chi connectivity index (χ1) is 5.68. The standard InChI is InChI=1S/C9H16O3/c1-7(2)5-11-6-8-3-4-9(10)12-8/h7-8H,3-6H2,1-2H3. The molecule has 1 heterocycles. The molecule has 3 heteroatoms. The Bertz CT molecular complexity index is 154. The van der Waals surface area contributed by atoms with Crippen molar-refractivity contribution in [2.75, 3.05) is 13.2 Å². The van der Waals surface area contributed by atoms with Crippen molar-refractivity contribution in [1.82, 2.24) is 0 Å². The lowest BCUT2D eigenvalue weighted by Crippen LogP contribution is -2.17. The number of rotatable bonds is 4. The fraction of sp³-hybridized carbons (Fsp3) is 0.889. The Morgan fingerprint density at radius 1 is 1.67 bits per heavy atom. The Morgan fingerprint density at radius 3 is 2.92 bits per heavy atom. The Kier molecular flexibility index (Phi) is 3.53. The van der Waals surface area contributed by atoms with Crippen LogP contribution in [0.25, 0.3) is 0 Å². The average Bonchev–Trinajstić information content (AvgIpc) is 2.35. The van der Waals surface area contributed by atoms with Crippen LogP contribution < -0.4 is 0 Å². The van der Waals surface area contributed by atoms with Crippen molar-refractivity contribution < 1.29 is 14.3 Å². The number of hydrogen-bond acceptors (Lipinski definition) is 3. The van der Waals surface area contributed by atoms with E-state index < -0.39 is 0 Å². The first kappa shape index (κ1) is 9.52. The molecule has 0 saturated carbocycles. The van der Waals surface area contributed by atoms with Crippen LogP contribution in [0.15, 0.2) is 0 Å². The molecule has 0 aromatic heterocycles. The quantitative estimate of drug-likeness (QED) is 0.601. The first-order valence-corrected chi connectivity index (χ1v) is 4.45. The van der Waals surface area contributed by atoms with E-state index in [1.165, 1.54) is 0 Å². The largest absolute Gasteiger partial charge is 0.460 e. The fourth-order valence-electron chi connectivity index (χ4n) is 1.14. The van der Waals surface area contributed by atoms with Crippen LogP contribution in [0, 0.1) is 5.92 Å². The van der Waals surface area contributed by atoms with Crippen LogP contribution in [0.5, 0.6) is 0 Å². The third kappa shape index (κ3) is 3.22. The Labute approximate surface area is 73.0 Å². The molecule has 1 saturated heterocycles. The van der Waals surface area contributed by atoms with Gasteiger partial charge in [-0.05, 0) is 12.3 Å². The Hall–Kier alpha value is -0.570. The van der Waals surface area contributed by atoms with Gasteiger partial charge in [-0.15, -0.1) is 0 Å². The van der Waals surface area contributed by atoms with Crippen LogP contribution in [0.1, 0.15) is 26.7 Å². The molecule has 0 amide bonds. The van der Waals surface area contributed by atoms with Gasteiger partial charge in [-0.2, -0.15) is 0 Å². The Morgan fingerprint density at radius 2 is 2.42 bits per heavy atom. The van der Waals surface area contributed by atoms with E-state index >= 15 is 0 Å². The SMILES string of the molecule is CC(C)COCC1CCC(=O)O1. The summed E-state index contributed by atoms with van der Waals surface area (Å²) in [7, 11) is 0. The molecular weight excluding hydrogens is 156 g/mol. The van der Waals surface area contributed by atoms with Crippen molar-refractivity contribution in [2.24, 2.45) is 5.92 Å². The highest BCUT2D eigenvalue weighted by molar-refractivity contribution is 5.71. The monoisotopic (exact) mass is 172 g/mol. The second-order valence-electron chi connectivity index (χ2n) is 3.58. The summed E-state index contributed by atoms with van der Waals surface area (Å²) in [5.74, 6) is 0.454. The topological polar surface area (TPSA) is 35.5 Å². The minimum absolute atomic E-state index is 0.0104. The molecule has 0 bridgehead atoms. The van der Waals surface area contributed by atoms with Gasteiger partial charge in [0.25, 0.3) is 0 Å². The normalized spacial score (nSPS) is 23.2. The van der Waals surface area contributed by atoms with Gasteiger partial charge in [0.1, 0.15) is 6.10 Å².